The number of nitrogens with zero attached hydrogens (tertiary/aromatic N) is 1. The normalized spacial score (nSPS) is 12.2. The van der Waals surface area contributed by atoms with Gasteiger partial charge in [-0.25, -0.2) is 8.78 Å². The zero-order chi connectivity index (χ0) is 18.2. The van der Waals surface area contributed by atoms with Crippen LogP contribution in [0.2, 0.25) is 0 Å². The van der Waals surface area contributed by atoms with Crippen LogP contribution in [0.4, 0.5) is 14.5 Å². The van der Waals surface area contributed by atoms with Gasteiger partial charge in [0.15, 0.2) is 11.6 Å². The maximum absolute atomic E-state index is 13.2. The van der Waals surface area contributed by atoms with E-state index in [0.29, 0.717) is 6.54 Å². The summed E-state index contributed by atoms with van der Waals surface area (Å²) in [5.74, 6) is -2.36. The summed E-state index contributed by atoms with van der Waals surface area (Å²) in [5, 5.41) is 12.3. The first kappa shape index (κ1) is 19.3. The summed E-state index contributed by atoms with van der Waals surface area (Å²) < 4.78 is 26.1. The summed E-state index contributed by atoms with van der Waals surface area (Å²) in [7, 11) is 0. The Morgan fingerprint density at radius 2 is 1.88 bits per heavy atom. The summed E-state index contributed by atoms with van der Waals surface area (Å²) in [6.45, 7) is 0.630. The Bertz CT molecular complexity index is 701. The van der Waals surface area contributed by atoms with Gasteiger partial charge in [-0.1, -0.05) is 30.3 Å². The zero-order valence-electron chi connectivity index (χ0n) is 13.5. The molecule has 2 aromatic carbocycles. The van der Waals surface area contributed by atoms with Crippen LogP contribution in [-0.4, -0.2) is 41.0 Å². The van der Waals surface area contributed by atoms with Crippen molar-refractivity contribution < 1.29 is 18.7 Å². The van der Waals surface area contributed by atoms with Crippen molar-refractivity contribution in [2.24, 2.45) is 0 Å². The van der Waals surface area contributed by atoms with Crippen molar-refractivity contribution >= 4 is 23.2 Å². The van der Waals surface area contributed by atoms with E-state index in [4.69, 9.17) is 11.6 Å². The van der Waals surface area contributed by atoms with Crippen molar-refractivity contribution in [1.29, 1.82) is 0 Å². The number of rotatable bonds is 8. The van der Waals surface area contributed by atoms with E-state index in [1.54, 1.807) is 4.90 Å². The van der Waals surface area contributed by atoms with Crippen LogP contribution in [0.5, 0.6) is 0 Å². The lowest BCUT2D eigenvalue weighted by Gasteiger charge is -2.24. The van der Waals surface area contributed by atoms with Crippen LogP contribution in [0.3, 0.4) is 0 Å². The highest BCUT2D eigenvalue weighted by atomic mass is 35.5. The van der Waals surface area contributed by atoms with Gasteiger partial charge >= 0.3 is 0 Å². The summed E-state index contributed by atoms with van der Waals surface area (Å²) in [6.07, 6.45) is -0.776. The van der Waals surface area contributed by atoms with Crippen molar-refractivity contribution in [1.82, 2.24) is 4.90 Å². The number of halogens is 3. The van der Waals surface area contributed by atoms with Gasteiger partial charge in [0.2, 0.25) is 5.91 Å². The highest BCUT2D eigenvalue weighted by Gasteiger charge is 2.16. The minimum Gasteiger partial charge on any atom is -0.391 e. The number of hydrogen-bond acceptors (Lipinski definition) is 3. The number of alkyl halides is 1. The van der Waals surface area contributed by atoms with Crippen molar-refractivity contribution in [2.75, 3.05) is 24.3 Å². The Balaban J connectivity index is 2.01. The van der Waals surface area contributed by atoms with Gasteiger partial charge in [0.1, 0.15) is 0 Å². The fourth-order valence-corrected chi connectivity index (χ4v) is 2.45. The summed E-state index contributed by atoms with van der Waals surface area (Å²) in [5.41, 5.74) is 1.14. The van der Waals surface area contributed by atoms with Gasteiger partial charge in [0.05, 0.1) is 12.6 Å². The second-order valence-corrected chi connectivity index (χ2v) is 5.95. The maximum atomic E-state index is 13.2. The molecule has 134 valence electrons. The standard InChI is InChI=1S/C18H19ClF2N2O2/c19-9-15(24)11-23(10-13-4-2-1-3-5-13)12-18(25)22-14-6-7-16(20)17(21)8-14/h1-8,15,24H,9-12H2,(H,22,25)/t15-/m0/s1. The smallest absolute Gasteiger partial charge is 0.238 e. The number of aliphatic hydroxyl groups is 1. The van der Waals surface area contributed by atoms with E-state index in [1.807, 2.05) is 30.3 Å². The van der Waals surface area contributed by atoms with Crippen molar-refractivity contribution in [3.05, 3.63) is 65.7 Å². The largest absolute Gasteiger partial charge is 0.391 e. The molecule has 0 unspecified atom stereocenters. The van der Waals surface area contributed by atoms with Crippen LogP contribution < -0.4 is 5.32 Å². The lowest BCUT2D eigenvalue weighted by atomic mass is 10.2. The molecule has 1 atom stereocenters. The number of carbonyl (C=O) groups excluding carboxylic acids is 1. The number of benzene rings is 2. The molecule has 0 aliphatic rings. The zero-order valence-corrected chi connectivity index (χ0v) is 14.2. The van der Waals surface area contributed by atoms with Gasteiger partial charge in [-0.15, -0.1) is 11.6 Å². The van der Waals surface area contributed by atoms with E-state index in [-0.39, 0.29) is 24.7 Å². The molecule has 7 heteroatoms. The average molecular weight is 369 g/mol. The van der Waals surface area contributed by atoms with Crippen LogP contribution >= 0.6 is 11.6 Å². The lowest BCUT2D eigenvalue weighted by Crippen LogP contribution is -2.38. The molecule has 0 bridgehead atoms. The lowest BCUT2D eigenvalue weighted by molar-refractivity contribution is -0.117. The Morgan fingerprint density at radius 3 is 2.52 bits per heavy atom. The molecule has 1 amide bonds. The molecule has 25 heavy (non-hydrogen) atoms. The molecule has 2 rings (SSSR count). The second-order valence-electron chi connectivity index (χ2n) is 5.64. The average Bonchev–Trinajstić information content (AvgIpc) is 2.58. The highest BCUT2D eigenvalue weighted by molar-refractivity contribution is 6.18. The molecule has 0 aliphatic carbocycles. The molecule has 0 aliphatic heterocycles. The molecule has 0 fully saturated rings. The molecule has 0 saturated carbocycles. The minimum absolute atomic E-state index is 0.0260. The summed E-state index contributed by atoms with van der Waals surface area (Å²) in [4.78, 5) is 13.9. The molecule has 2 aromatic rings. The number of nitrogens with one attached hydrogen (secondary N) is 1. The van der Waals surface area contributed by atoms with Gasteiger partial charge in [0.25, 0.3) is 0 Å². The van der Waals surface area contributed by atoms with Gasteiger partial charge in [0, 0.05) is 30.7 Å². The van der Waals surface area contributed by atoms with Crippen molar-refractivity contribution in [3.63, 3.8) is 0 Å². The van der Waals surface area contributed by atoms with Crippen molar-refractivity contribution in [2.45, 2.75) is 12.6 Å². The molecule has 0 spiro atoms. The highest BCUT2D eigenvalue weighted by Crippen LogP contribution is 2.13. The molecular weight excluding hydrogens is 350 g/mol. The third-order valence-electron chi connectivity index (χ3n) is 3.47. The SMILES string of the molecule is O=C(CN(Cc1ccccc1)C[C@@H](O)CCl)Nc1ccc(F)c(F)c1. The van der Waals surface area contributed by atoms with Crippen molar-refractivity contribution in [3.8, 4) is 0 Å². The predicted octanol–water partition coefficient (Wildman–Crippen LogP) is 3.01. The number of aliphatic hydroxyl groups excluding tert-OH is 1. The topological polar surface area (TPSA) is 52.6 Å². The van der Waals surface area contributed by atoms with E-state index in [0.717, 1.165) is 17.7 Å². The van der Waals surface area contributed by atoms with Crippen LogP contribution in [0.1, 0.15) is 5.56 Å². The second kappa shape index (κ2) is 9.46. The van der Waals surface area contributed by atoms with E-state index >= 15 is 0 Å². The first-order chi connectivity index (χ1) is 12.0. The Hall–Kier alpha value is -2.02. The van der Waals surface area contributed by atoms with Crippen LogP contribution in [0, 0.1) is 11.6 Å². The summed E-state index contributed by atoms with van der Waals surface area (Å²) >= 11 is 5.64. The first-order valence-electron chi connectivity index (χ1n) is 7.73. The monoisotopic (exact) mass is 368 g/mol. The number of anilines is 1. The van der Waals surface area contributed by atoms with Crippen LogP contribution in [0.15, 0.2) is 48.5 Å². The van der Waals surface area contributed by atoms with Gasteiger partial charge in [-0.2, -0.15) is 0 Å². The Morgan fingerprint density at radius 1 is 1.16 bits per heavy atom. The van der Waals surface area contributed by atoms with Crippen LogP contribution in [-0.2, 0) is 11.3 Å². The predicted molar refractivity (Wildman–Crippen MR) is 93.4 cm³/mol. The molecule has 2 N–H and O–H groups in total. The van der Waals surface area contributed by atoms with Gasteiger partial charge in [-0.05, 0) is 17.7 Å². The fraction of sp³-hybridized carbons (Fsp3) is 0.278. The van der Waals surface area contributed by atoms with E-state index < -0.39 is 23.6 Å². The molecular formula is C18H19ClF2N2O2. The van der Waals surface area contributed by atoms with Gasteiger partial charge < -0.3 is 10.4 Å². The fourth-order valence-electron chi connectivity index (χ4n) is 2.35. The molecule has 0 heterocycles. The maximum Gasteiger partial charge on any atom is 0.238 e. The number of carbonyl (C=O) groups is 1. The molecule has 0 radical (unpaired) electrons. The summed E-state index contributed by atoms with van der Waals surface area (Å²) in [6, 6.07) is 12.6. The quantitative estimate of drug-likeness (QED) is 0.704. The minimum atomic E-state index is -1.03. The molecule has 4 nitrogen and oxygen atoms in total. The molecule has 0 saturated heterocycles. The number of amides is 1. The van der Waals surface area contributed by atoms with E-state index in [2.05, 4.69) is 5.32 Å². The van der Waals surface area contributed by atoms with Crippen LogP contribution in [0.25, 0.3) is 0 Å². The van der Waals surface area contributed by atoms with E-state index in [9.17, 15) is 18.7 Å². The Kier molecular flexibility index (Phi) is 7.31. The first-order valence-corrected chi connectivity index (χ1v) is 8.26. The van der Waals surface area contributed by atoms with Gasteiger partial charge in [-0.3, -0.25) is 9.69 Å². The third kappa shape index (κ3) is 6.42. The number of hydrogen-bond donors (Lipinski definition) is 2. The Labute approximate surface area is 150 Å². The molecule has 0 aromatic heterocycles. The van der Waals surface area contributed by atoms with E-state index in [1.165, 1.54) is 6.07 Å². The third-order valence-corrected chi connectivity index (χ3v) is 3.82.